The predicted molar refractivity (Wildman–Crippen MR) is 74.7 cm³/mol. The molecule has 0 saturated carbocycles. The van der Waals surface area contributed by atoms with Crippen LogP contribution in [0.2, 0.25) is 0 Å². The molecule has 0 radical (unpaired) electrons. The van der Waals surface area contributed by atoms with Gasteiger partial charge in [0.05, 0.1) is 0 Å². The highest BCUT2D eigenvalue weighted by atomic mass is 32.2. The summed E-state index contributed by atoms with van der Waals surface area (Å²) in [6.45, 7) is 3.46. The minimum absolute atomic E-state index is 0.205. The molecule has 108 valence electrons. The third-order valence-electron chi connectivity index (χ3n) is 2.62. The largest absolute Gasteiger partial charge is 0.385 e. The summed E-state index contributed by atoms with van der Waals surface area (Å²) >= 11 is 0. The van der Waals surface area contributed by atoms with Crippen LogP contribution >= 0.6 is 0 Å². The van der Waals surface area contributed by atoms with Crippen molar-refractivity contribution in [1.82, 2.24) is 9.29 Å². The van der Waals surface area contributed by atoms with E-state index in [9.17, 15) is 8.42 Å². The van der Waals surface area contributed by atoms with E-state index < -0.39 is 10.0 Å². The molecule has 0 aliphatic carbocycles. The fourth-order valence-corrected chi connectivity index (χ4v) is 2.94. The van der Waals surface area contributed by atoms with Crippen LogP contribution in [0.1, 0.15) is 13.3 Å². The van der Waals surface area contributed by atoms with Crippen LogP contribution in [0.15, 0.2) is 23.2 Å². The number of hydrogen-bond donors (Lipinski definition) is 1. The van der Waals surface area contributed by atoms with Crippen molar-refractivity contribution in [2.75, 3.05) is 39.2 Å². The van der Waals surface area contributed by atoms with Gasteiger partial charge in [0, 0.05) is 40.1 Å². The van der Waals surface area contributed by atoms with Crippen LogP contribution in [0, 0.1) is 0 Å². The maximum absolute atomic E-state index is 12.4. The summed E-state index contributed by atoms with van der Waals surface area (Å²) in [6.07, 6.45) is 2.23. The van der Waals surface area contributed by atoms with Crippen molar-refractivity contribution in [3.63, 3.8) is 0 Å². The topological polar surface area (TPSA) is 71.5 Å². The smallest absolute Gasteiger partial charge is 0.246 e. The highest BCUT2D eigenvalue weighted by molar-refractivity contribution is 7.89. The Morgan fingerprint density at radius 2 is 2.21 bits per heavy atom. The van der Waals surface area contributed by atoms with Crippen molar-refractivity contribution < 1.29 is 13.2 Å². The van der Waals surface area contributed by atoms with Crippen LogP contribution in [0.4, 0.5) is 5.82 Å². The van der Waals surface area contributed by atoms with Gasteiger partial charge in [-0.1, -0.05) is 0 Å². The molecular weight excluding hydrogens is 266 g/mol. The minimum atomic E-state index is -3.52. The van der Waals surface area contributed by atoms with Gasteiger partial charge in [0.15, 0.2) is 0 Å². The second-order valence-corrected chi connectivity index (χ2v) is 6.07. The van der Waals surface area contributed by atoms with Crippen LogP contribution in [0.25, 0.3) is 0 Å². The normalized spacial score (nSPS) is 11.8. The molecule has 0 aliphatic rings. The van der Waals surface area contributed by atoms with Gasteiger partial charge < -0.3 is 10.1 Å². The average molecular weight is 287 g/mol. The molecule has 0 atom stereocenters. The minimum Gasteiger partial charge on any atom is -0.385 e. The maximum atomic E-state index is 12.4. The standard InChI is InChI=1S/C12H21N3O3S/c1-4-13-12-11(7-5-8-14-12)19(16,17)15(2)9-6-10-18-3/h5,7-8H,4,6,9-10H2,1-3H3,(H,13,14). The fourth-order valence-electron chi connectivity index (χ4n) is 1.62. The van der Waals surface area contributed by atoms with Gasteiger partial charge in [-0.15, -0.1) is 0 Å². The Morgan fingerprint density at radius 1 is 1.47 bits per heavy atom. The van der Waals surface area contributed by atoms with Crippen molar-refractivity contribution in [3.05, 3.63) is 18.3 Å². The number of rotatable bonds is 8. The molecule has 0 unspecified atom stereocenters. The Balaban J connectivity index is 2.93. The number of nitrogens with zero attached hydrogens (tertiary/aromatic N) is 2. The predicted octanol–water partition coefficient (Wildman–Crippen LogP) is 1.17. The molecule has 0 amide bonds. The Morgan fingerprint density at radius 3 is 2.84 bits per heavy atom. The summed E-state index contributed by atoms with van der Waals surface area (Å²) in [4.78, 5) is 4.28. The van der Waals surface area contributed by atoms with E-state index in [4.69, 9.17) is 4.74 Å². The van der Waals surface area contributed by atoms with Crippen molar-refractivity contribution in [3.8, 4) is 0 Å². The zero-order chi connectivity index (χ0) is 14.3. The summed E-state index contributed by atoms with van der Waals surface area (Å²) in [7, 11) is -0.360. The first-order chi connectivity index (χ1) is 9.04. The SMILES string of the molecule is CCNc1ncccc1S(=O)(=O)N(C)CCCOC. The van der Waals surface area contributed by atoms with Gasteiger partial charge in [-0.05, 0) is 25.5 Å². The lowest BCUT2D eigenvalue weighted by molar-refractivity contribution is 0.189. The van der Waals surface area contributed by atoms with E-state index in [1.54, 1.807) is 32.5 Å². The van der Waals surface area contributed by atoms with Gasteiger partial charge in [0.1, 0.15) is 10.7 Å². The summed E-state index contributed by atoms with van der Waals surface area (Å²) in [5.74, 6) is 0.392. The Hall–Kier alpha value is -1.18. The highest BCUT2D eigenvalue weighted by Crippen LogP contribution is 2.21. The van der Waals surface area contributed by atoms with Crippen molar-refractivity contribution in [2.24, 2.45) is 0 Å². The molecule has 0 saturated heterocycles. The number of sulfonamides is 1. The van der Waals surface area contributed by atoms with Crippen LogP contribution in [0.5, 0.6) is 0 Å². The number of pyridine rings is 1. The number of ether oxygens (including phenoxy) is 1. The number of methoxy groups -OCH3 is 1. The molecule has 19 heavy (non-hydrogen) atoms. The van der Waals surface area contributed by atoms with Crippen molar-refractivity contribution >= 4 is 15.8 Å². The first kappa shape index (κ1) is 15.9. The van der Waals surface area contributed by atoms with E-state index in [1.165, 1.54) is 4.31 Å². The average Bonchev–Trinajstić information content (AvgIpc) is 2.39. The van der Waals surface area contributed by atoms with Crippen LogP contribution in [-0.2, 0) is 14.8 Å². The Labute approximate surface area is 114 Å². The zero-order valence-electron chi connectivity index (χ0n) is 11.6. The third kappa shape index (κ3) is 4.15. The summed E-state index contributed by atoms with van der Waals surface area (Å²) < 4.78 is 31.1. The lowest BCUT2D eigenvalue weighted by atomic mass is 10.4. The van der Waals surface area contributed by atoms with Gasteiger partial charge in [-0.3, -0.25) is 0 Å². The summed E-state index contributed by atoms with van der Waals surface area (Å²) in [6, 6.07) is 3.18. The second kappa shape index (κ2) is 7.42. The highest BCUT2D eigenvalue weighted by Gasteiger charge is 2.23. The molecule has 1 N–H and O–H groups in total. The molecule has 6 nitrogen and oxygen atoms in total. The molecule has 0 spiro atoms. The molecule has 1 heterocycles. The molecule has 0 bridgehead atoms. The van der Waals surface area contributed by atoms with E-state index in [-0.39, 0.29) is 4.90 Å². The molecule has 0 aliphatic heterocycles. The lowest BCUT2D eigenvalue weighted by Gasteiger charge is -2.18. The third-order valence-corrected chi connectivity index (χ3v) is 4.51. The van der Waals surface area contributed by atoms with Crippen LogP contribution < -0.4 is 5.32 Å². The van der Waals surface area contributed by atoms with Gasteiger partial charge in [0.25, 0.3) is 0 Å². The van der Waals surface area contributed by atoms with E-state index in [1.807, 2.05) is 6.92 Å². The molecule has 1 aromatic heterocycles. The number of anilines is 1. The van der Waals surface area contributed by atoms with Gasteiger partial charge in [-0.25, -0.2) is 17.7 Å². The van der Waals surface area contributed by atoms with Crippen molar-refractivity contribution in [1.29, 1.82) is 0 Å². The van der Waals surface area contributed by atoms with Crippen LogP contribution in [-0.4, -0.2) is 51.6 Å². The summed E-state index contributed by atoms with van der Waals surface area (Å²) in [5, 5.41) is 2.96. The van der Waals surface area contributed by atoms with Crippen molar-refractivity contribution in [2.45, 2.75) is 18.2 Å². The van der Waals surface area contributed by atoms with E-state index in [0.717, 1.165) is 0 Å². The number of aromatic nitrogens is 1. The van der Waals surface area contributed by atoms with Gasteiger partial charge in [-0.2, -0.15) is 0 Å². The zero-order valence-corrected chi connectivity index (χ0v) is 12.4. The van der Waals surface area contributed by atoms with Crippen LogP contribution in [0.3, 0.4) is 0 Å². The molecule has 1 aromatic rings. The Bertz CT molecular complexity index is 491. The molecule has 1 rings (SSSR count). The van der Waals surface area contributed by atoms with E-state index >= 15 is 0 Å². The fraction of sp³-hybridized carbons (Fsp3) is 0.583. The van der Waals surface area contributed by atoms with E-state index in [0.29, 0.717) is 31.9 Å². The molecule has 0 fully saturated rings. The second-order valence-electron chi connectivity index (χ2n) is 4.05. The quantitative estimate of drug-likeness (QED) is 0.727. The van der Waals surface area contributed by atoms with Gasteiger partial charge in [0.2, 0.25) is 10.0 Å². The Kier molecular flexibility index (Phi) is 6.20. The number of nitrogens with one attached hydrogen (secondary N) is 1. The number of hydrogen-bond acceptors (Lipinski definition) is 5. The maximum Gasteiger partial charge on any atom is 0.246 e. The summed E-state index contributed by atoms with van der Waals surface area (Å²) in [5.41, 5.74) is 0. The van der Waals surface area contributed by atoms with Gasteiger partial charge >= 0.3 is 0 Å². The molecular formula is C12H21N3O3S. The first-order valence-corrected chi connectivity index (χ1v) is 7.62. The molecule has 0 aromatic carbocycles. The lowest BCUT2D eigenvalue weighted by Crippen LogP contribution is -2.29. The monoisotopic (exact) mass is 287 g/mol. The first-order valence-electron chi connectivity index (χ1n) is 6.18. The molecule has 7 heteroatoms. The van der Waals surface area contributed by atoms with E-state index in [2.05, 4.69) is 10.3 Å².